The van der Waals surface area contributed by atoms with Crippen molar-refractivity contribution in [3.8, 4) is 0 Å². The van der Waals surface area contributed by atoms with Crippen molar-refractivity contribution in [1.82, 2.24) is 15.1 Å². The molecule has 0 aliphatic heterocycles. The third-order valence-electron chi connectivity index (χ3n) is 2.78. The predicted molar refractivity (Wildman–Crippen MR) is 80.5 cm³/mol. The van der Waals surface area contributed by atoms with Crippen LogP contribution in [-0.2, 0) is 19.5 Å². The number of thiophene rings is 1. The Morgan fingerprint density at radius 2 is 2.26 bits per heavy atom. The van der Waals surface area contributed by atoms with Crippen LogP contribution in [0.3, 0.4) is 0 Å². The van der Waals surface area contributed by atoms with E-state index in [4.69, 9.17) is 0 Å². The highest BCUT2D eigenvalue weighted by Gasteiger charge is 2.13. The van der Waals surface area contributed by atoms with Crippen LogP contribution in [0.25, 0.3) is 0 Å². The van der Waals surface area contributed by atoms with Crippen molar-refractivity contribution in [2.75, 3.05) is 0 Å². The highest BCUT2D eigenvalue weighted by molar-refractivity contribution is 9.11. The molecule has 2 aromatic rings. The van der Waals surface area contributed by atoms with Gasteiger partial charge in [0.2, 0.25) is 0 Å². The average Bonchev–Trinajstić information content (AvgIpc) is 3.01. The van der Waals surface area contributed by atoms with Crippen LogP contribution in [0.2, 0.25) is 0 Å². The quantitative estimate of drug-likeness (QED) is 0.907. The molecule has 2 aromatic heterocycles. The second kappa shape index (κ2) is 6.34. The van der Waals surface area contributed by atoms with Crippen molar-refractivity contribution >= 4 is 33.2 Å². The number of hydrogen-bond acceptors (Lipinski definition) is 3. The first-order valence-electron chi connectivity index (χ1n) is 6.23. The SMILES string of the molecule is CCc1cc(C(=O)NCc2ccc(Br)s2)n(CC)n1. The number of hydrogen-bond donors (Lipinski definition) is 1. The molecule has 0 aliphatic carbocycles. The average molecular weight is 342 g/mol. The number of halogens is 1. The van der Waals surface area contributed by atoms with Gasteiger partial charge in [0.15, 0.2) is 0 Å². The summed E-state index contributed by atoms with van der Waals surface area (Å²) in [4.78, 5) is 13.3. The van der Waals surface area contributed by atoms with Gasteiger partial charge in [-0.2, -0.15) is 5.10 Å². The van der Waals surface area contributed by atoms with E-state index in [-0.39, 0.29) is 5.91 Å². The monoisotopic (exact) mass is 341 g/mol. The van der Waals surface area contributed by atoms with Crippen LogP contribution in [0, 0.1) is 0 Å². The normalized spacial score (nSPS) is 10.7. The van der Waals surface area contributed by atoms with Gasteiger partial charge in [0.25, 0.3) is 5.91 Å². The summed E-state index contributed by atoms with van der Waals surface area (Å²) in [5, 5.41) is 7.31. The van der Waals surface area contributed by atoms with Crippen LogP contribution in [0.5, 0.6) is 0 Å². The summed E-state index contributed by atoms with van der Waals surface area (Å²) >= 11 is 5.04. The molecule has 1 N–H and O–H groups in total. The van der Waals surface area contributed by atoms with Gasteiger partial charge < -0.3 is 5.32 Å². The van der Waals surface area contributed by atoms with Gasteiger partial charge >= 0.3 is 0 Å². The number of carbonyl (C=O) groups excluding carboxylic acids is 1. The lowest BCUT2D eigenvalue weighted by Crippen LogP contribution is -2.25. The summed E-state index contributed by atoms with van der Waals surface area (Å²) in [5.41, 5.74) is 1.58. The third-order valence-corrected chi connectivity index (χ3v) is 4.40. The lowest BCUT2D eigenvalue weighted by Gasteiger charge is -2.05. The van der Waals surface area contributed by atoms with Gasteiger partial charge in [0, 0.05) is 11.4 Å². The third kappa shape index (κ3) is 3.45. The number of nitrogens with one attached hydrogen (secondary N) is 1. The Morgan fingerprint density at radius 1 is 1.47 bits per heavy atom. The number of rotatable bonds is 5. The fourth-order valence-corrected chi connectivity index (χ4v) is 3.19. The largest absolute Gasteiger partial charge is 0.346 e. The molecule has 0 radical (unpaired) electrons. The van der Waals surface area contributed by atoms with E-state index in [0.29, 0.717) is 18.8 Å². The fraction of sp³-hybridized carbons (Fsp3) is 0.385. The van der Waals surface area contributed by atoms with Gasteiger partial charge in [-0.05, 0) is 47.5 Å². The minimum absolute atomic E-state index is 0.0708. The zero-order valence-electron chi connectivity index (χ0n) is 10.9. The van der Waals surface area contributed by atoms with Crippen molar-refractivity contribution in [2.45, 2.75) is 33.4 Å². The Kier molecular flexibility index (Phi) is 4.76. The summed E-state index contributed by atoms with van der Waals surface area (Å²) in [7, 11) is 0. The molecule has 0 aliphatic rings. The molecule has 0 bridgehead atoms. The van der Waals surface area contributed by atoms with Crippen molar-refractivity contribution in [2.24, 2.45) is 0 Å². The van der Waals surface area contributed by atoms with Crippen molar-refractivity contribution in [3.63, 3.8) is 0 Å². The Labute approximate surface area is 125 Å². The topological polar surface area (TPSA) is 46.9 Å². The molecule has 19 heavy (non-hydrogen) atoms. The van der Waals surface area contributed by atoms with E-state index in [1.165, 1.54) is 0 Å². The molecule has 0 fully saturated rings. The molecular formula is C13H16BrN3OS. The van der Waals surface area contributed by atoms with Gasteiger partial charge in [-0.25, -0.2) is 0 Å². The molecule has 4 nitrogen and oxygen atoms in total. The minimum atomic E-state index is -0.0708. The van der Waals surface area contributed by atoms with Crippen molar-refractivity contribution in [1.29, 1.82) is 0 Å². The summed E-state index contributed by atoms with van der Waals surface area (Å²) in [6.07, 6.45) is 0.838. The summed E-state index contributed by atoms with van der Waals surface area (Å²) < 4.78 is 2.82. The molecule has 0 spiro atoms. The van der Waals surface area contributed by atoms with Gasteiger partial charge in [0.05, 0.1) is 16.0 Å². The van der Waals surface area contributed by atoms with Gasteiger partial charge in [-0.15, -0.1) is 11.3 Å². The van der Waals surface area contributed by atoms with E-state index in [0.717, 1.165) is 20.8 Å². The van der Waals surface area contributed by atoms with Crippen LogP contribution in [-0.4, -0.2) is 15.7 Å². The first kappa shape index (κ1) is 14.3. The zero-order valence-corrected chi connectivity index (χ0v) is 13.3. The molecule has 2 rings (SSSR count). The lowest BCUT2D eigenvalue weighted by molar-refractivity contribution is 0.0940. The van der Waals surface area contributed by atoms with Crippen LogP contribution in [0.1, 0.15) is 34.9 Å². The Hall–Kier alpha value is -1.14. The Morgan fingerprint density at radius 3 is 2.84 bits per heavy atom. The Bertz CT molecular complexity index is 576. The number of amides is 1. The lowest BCUT2D eigenvalue weighted by atomic mass is 10.3. The molecule has 0 unspecified atom stereocenters. The maximum Gasteiger partial charge on any atom is 0.269 e. The van der Waals surface area contributed by atoms with Gasteiger partial charge in [-0.1, -0.05) is 6.92 Å². The number of aromatic nitrogens is 2. The standard InChI is InChI=1S/C13H16BrN3OS/c1-3-9-7-11(17(4-2)16-9)13(18)15-8-10-5-6-12(14)19-10/h5-7H,3-4,8H2,1-2H3,(H,15,18). The van der Waals surface area contributed by atoms with Crippen LogP contribution in [0.15, 0.2) is 22.0 Å². The van der Waals surface area contributed by atoms with E-state index in [9.17, 15) is 4.79 Å². The first-order chi connectivity index (χ1) is 9.13. The summed E-state index contributed by atoms with van der Waals surface area (Å²) in [6.45, 7) is 5.27. The van der Waals surface area contributed by atoms with Crippen LogP contribution < -0.4 is 5.32 Å². The van der Waals surface area contributed by atoms with E-state index in [1.54, 1.807) is 16.0 Å². The molecule has 6 heteroatoms. The van der Waals surface area contributed by atoms with E-state index in [2.05, 4.69) is 26.3 Å². The maximum absolute atomic E-state index is 12.2. The molecular weight excluding hydrogens is 326 g/mol. The highest BCUT2D eigenvalue weighted by Crippen LogP contribution is 2.21. The zero-order chi connectivity index (χ0) is 13.8. The van der Waals surface area contributed by atoms with E-state index >= 15 is 0 Å². The van der Waals surface area contributed by atoms with Crippen LogP contribution in [0.4, 0.5) is 0 Å². The van der Waals surface area contributed by atoms with Gasteiger partial charge in [0.1, 0.15) is 5.69 Å². The second-order valence-corrected chi connectivity index (χ2v) is 6.63. The molecule has 2 heterocycles. The summed E-state index contributed by atoms with van der Waals surface area (Å²) in [5.74, 6) is -0.0708. The maximum atomic E-state index is 12.2. The smallest absolute Gasteiger partial charge is 0.269 e. The second-order valence-electron chi connectivity index (χ2n) is 4.08. The minimum Gasteiger partial charge on any atom is -0.346 e. The molecule has 0 aromatic carbocycles. The molecule has 102 valence electrons. The molecule has 0 atom stereocenters. The summed E-state index contributed by atoms with van der Waals surface area (Å²) in [6, 6.07) is 5.85. The molecule has 0 saturated heterocycles. The fourth-order valence-electron chi connectivity index (χ4n) is 1.77. The van der Waals surface area contributed by atoms with Gasteiger partial charge in [-0.3, -0.25) is 9.48 Å². The predicted octanol–water partition coefficient (Wildman–Crippen LogP) is 3.22. The van der Waals surface area contributed by atoms with Crippen LogP contribution >= 0.6 is 27.3 Å². The van der Waals surface area contributed by atoms with Crippen molar-refractivity contribution in [3.05, 3.63) is 38.3 Å². The number of carbonyl (C=O) groups is 1. The van der Waals surface area contributed by atoms with E-state index in [1.807, 2.05) is 32.0 Å². The highest BCUT2D eigenvalue weighted by atomic mass is 79.9. The Balaban J connectivity index is 2.05. The first-order valence-corrected chi connectivity index (χ1v) is 7.84. The number of aryl methyl sites for hydroxylation is 2. The van der Waals surface area contributed by atoms with Crippen molar-refractivity contribution < 1.29 is 4.79 Å². The van der Waals surface area contributed by atoms with E-state index < -0.39 is 0 Å². The number of nitrogens with zero attached hydrogens (tertiary/aromatic N) is 2. The molecule has 1 amide bonds. The molecule has 0 saturated carbocycles.